The molecule has 1 saturated carbocycles. The van der Waals surface area contributed by atoms with Crippen LogP contribution in [0.15, 0.2) is 6.20 Å². The van der Waals surface area contributed by atoms with Gasteiger partial charge in [0.1, 0.15) is 5.02 Å². The zero-order chi connectivity index (χ0) is 11.0. The molecule has 5 heteroatoms. The molecule has 0 aromatic carbocycles. The molecule has 1 fully saturated rings. The van der Waals surface area contributed by atoms with Crippen LogP contribution in [0.4, 0.5) is 11.8 Å². The van der Waals surface area contributed by atoms with Gasteiger partial charge in [-0.15, -0.1) is 0 Å². The predicted molar refractivity (Wildman–Crippen MR) is 62.0 cm³/mol. The van der Waals surface area contributed by atoms with E-state index >= 15 is 0 Å². The fourth-order valence-electron chi connectivity index (χ4n) is 1.73. The number of aromatic nitrogens is 2. The fraction of sp³-hybridized carbons (Fsp3) is 0.600. The Morgan fingerprint density at radius 1 is 1.67 bits per heavy atom. The van der Waals surface area contributed by atoms with Gasteiger partial charge >= 0.3 is 0 Å². The predicted octanol–water partition coefficient (Wildman–Crippen LogP) is 1.80. The molecule has 1 heterocycles. The van der Waals surface area contributed by atoms with E-state index in [4.69, 9.17) is 17.3 Å². The van der Waals surface area contributed by atoms with Gasteiger partial charge in [-0.3, -0.25) is 0 Å². The first-order chi connectivity index (χ1) is 7.08. The van der Waals surface area contributed by atoms with Gasteiger partial charge in [0.2, 0.25) is 5.95 Å². The maximum Gasteiger partial charge on any atom is 0.222 e. The van der Waals surface area contributed by atoms with E-state index in [1.807, 2.05) is 7.05 Å². The van der Waals surface area contributed by atoms with E-state index in [9.17, 15) is 0 Å². The highest BCUT2D eigenvalue weighted by Crippen LogP contribution is 2.39. The molecule has 2 atom stereocenters. The van der Waals surface area contributed by atoms with Crippen molar-refractivity contribution in [2.75, 3.05) is 24.2 Å². The first kappa shape index (κ1) is 10.5. The van der Waals surface area contributed by atoms with E-state index in [0.717, 1.165) is 24.2 Å². The molecular formula is C10H15ClN4. The number of rotatable bonds is 3. The number of anilines is 2. The van der Waals surface area contributed by atoms with Crippen LogP contribution in [0.5, 0.6) is 0 Å². The molecule has 15 heavy (non-hydrogen) atoms. The molecule has 0 bridgehead atoms. The Hall–Kier alpha value is -1.03. The Labute approximate surface area is 94.5 Å². The van der Waals surface area contributed by atoms with Crippen molar-refractivity contribution in [3.8, 4) is 0 Å². The Morgan fingerprint density at radius 3 is 2.93 bits per heavy atom. The molecule has 0 radical (unpaired) electrons. The molecule has 2 rings (SSSR count). The molecule has 4 nitrogen and oxygen atoms in total. The number of nitrogens with zero attached hydrogens (tertiary/aromatic N) is 3. The van der Waals surface area contributed by atoms with Crippen molar-refractivity contribution < 1.29 is 0 Å². The zero-order valence-electron chi connectivity index (χ0n) is 8.94. The Bertz CT molecular complexity index is 368. The summed E-state index contributed by atoms with van der Waals surface area (Å²) in [5.74, 6) is 2.58. The van der Waals surface area contributed by atoms with Gasteiger partial charge in [0, 0.05) is 13.6 Å². The highest BCUT2D eigenvalue weighted by molar-refractivity contribution is 6.32. The van der Waals surface area contributed by atoms with Crippen LogP contribution in [0.2, 0.25) is 5.02 Å². The third-order valence-electron chi connectivity index (χ3n) is 2.89. The summed E-state index contributed by atoms with van der Waals surface area (Å²) in [6.45, 7) is 3.24. The van der Waals surface area contributed by atoms with Gasteiger partial charge in [-0.1, -0.05) is 18.5 Å². The third-order valence-corrected chi connectivity index (χ3v) is 3.16. The first-order valence-electron chi connectivity index (χ1n) is 5.07. The van der Waals surface area contributed by atoms with Crippen molar-refractivity contribution in [2.24, 2.45) is 11.8 Å². The molecule has 0 amide bonds. The molecule has 1 aliphatic carbocycles. The lowest BCUT2D eigenvalue weighted by atomic mass is 10.3. The van der Waals surface area contributed by atoms with Gasteiger partial charge in [-0.05, 0) is 18.3 Å². The third kappa shape index (κ3) is 2.31. The second-order valence-electron chi connectivity index (χ2n) is 4.25. The average Bonchev–Trinajstić information content (AvgIpc) is 2.86. The quantitative estimate of drug-likeness (QED) is 0.854. The SMILES string of the molecule is CC1CC1CN(C)c1nc(N)ncc1Cl. The van der Waals surface area contributed by atoms with Crippen LogP contribution < -0.4 is 10.6 Å². The summed E-state index contributed by atoms with van der Waals surface area (Å²) < 4.78 is 0. The van der Waals surface area contributed by atoms with Crippen molar-refractivity contribution >= 4 is 23.4 Å². The topological polar surface area (TPSA) is 55.0 Å². The smallest absolute Gasteiger partial charge is 0.222 e. The summed E-state index contributed by atoms with van der Waals surface area (Å²) in [5, 5.41) is 0.556. The molecule has 2 unspecified atom stereocenters. The van der Waals surface area contributed by atoms with Crippen molar-refractivity contribution in [3.63, 3.8) is 0 Å². The molecule has 1 aromatic heterocycles. The molecule has 2 N–H and O–H groups in total. The van der Waals surface area contributed by atoms with Crippen molar-refractivity contribution in [1.29, 1.82) is 0 Å². The van der Waals surface area contributed by atoms with Gasteiger partial charge < -0.3 is 10.6 Å². The molecule has 0 saturated heterocycles. The van der Waals surface area contributed by atoms with E-state index in [1.165, 1.54) is 6.42 Å². The van der Waals surface area contributed by atoms with Crippen LogP contribution in [0.1, 0.15) is 13.3 Å². The number of nitrogens with two attached hydrogens (primary N) is 1. The van der Waals surface area contributed by atoms with Gasteiger partial charge in [-0.2, -0.15) is 4.98 Å². The highest BCUT2D eigenvalue weighted by atomic mass is 35.5. The number of hydrogen-bond acceptors (Lipinski definition) is 4. The van der Waals surface area contributed by atoms with Crippen LogP contribution in [0, 0.1) is 11.8 Å². The van der Waals surface area contributed by atoms with E-state index in [1.54, 1.807) is 6.20 Å². The number of hydrogen-bond donors (Lipinski definition) is 1. The summed E-state index contributed by atoms with van der Waals surface area (Å²) in [6.07, 6.45) is 2.84. The van der Waals surface area contributed by atoms with E-state index < -0.39 is 0 Å². The normalized spacial score (nSPS) is 23.9. The van der Waals surface area contributed by atoms with Gasteiger partial charge in [0.25, 0.3) is 0 Å². The Kier molecular flexibility index (Phi) is 2.69. The molecule has 82 valence electrons. The molecule has 0 aliphatic heterocycles. The van der Waals surface area contributed by atoms with Crippen LogP contribution in [-0.4, -0.2) is 23.6 Å². The van der Waals surface area contributed by atoms with Crippen LogP contribution in [-0.2, 0) is 0 Å². The summed E-state index contributed by atoms with van der Waals surface area (Å²) in [7, 11) is 1.98. The van der Waals surface area contributed by atoms with E-state index in [-0.39, 0.29) is 5.95 Å². The van der Waals surface area contributed by atoms with Gasteiger partial charge in [0.15, 0.2) is 5.82 Å². The zero-order valence-corrected chi connectivity index (χ0v) is 9.70. The van der Waals surface area contributed by atoms with E-state index in [0.29, 0.717) is 5.02 Å². The lowest BCUT2D eigenvalue weighted by Gasteiger charge is -2.19. The van der Waals surface area contributed by atoms with Crippen molar-refractivity contribution in [2.45, 2.75) is 13.3 Å². The summed E-state index contributed by atoms with van der Waals surface area (Å²) in [5.41, 5.74) is 5.53. The molecular weight excluding hydrogens is 212 g/mol. The maximum atomic E-state index is 6.01. The molecule has 1 aliphatic rings. The highest BCUT2D eigenvalue weighted by Gasteiger charge is 2.33. The van der Waals surface area contributed by atoms with Crippen molar-refractivity contribution in [3.05, 3.63) is 11.2 Å². The van der Waals surface area contributed by atoms with E-state index in [2.05, 4.69) is 21.8 Å². The standard InChI is InChI=1S/C10H15ClN4/c1-6-3-7(6)5-15(2)9-8(11)4-13-10(12)14-9/h4,6-7H,3,5H2,1-2H3,(H2,12,13,14). The second kappa shape index (κ2) is 3.85. The lowest BCUT2D eigenvalue weighted by molar-refractivity contribution is 0.719. The second-order valence-corrected chi connectivity index (χ2v) is 4.66. The van der Waals surface area contributed by atoms with Crippen LogP contribution in [0.3, 0.4) is 0 Å². The summed E-state index contributed by atoms with van der Waals surface area (Å²) in [4.78, 5) is 10.0. The molecule has 0 spiro atoms. The largest absolute Gasteiger partial charge is 0.368 e. The Morgan fingerprint density at radius 2 is 2.33 bits per heavy atom. The van der Waals surface area contributed by atoms with Gasteiger partial charge in [-0.25, -0.2) is 4.98 Å². The van der Waals surface area contributed by atoms with Crippen molar-refractivity contribution in [1.82, 2.24) is 9.97 Å². The first-order valence-corrected chi connectivity index (χ1v) is 5.45. The minimum atomic E-state index is 0.269. The van der Waals surface area contributed by atoms with Gasteiger partial charge in [0.05, 0.1) is 6.20 Å². The van der Waals surface area contributed by atoms with Crippen LogP contribution >= 0.6 is 11.6 Å². The lowest BCUT2D eigenvalue weighted by Crippen LogP contribution is -2.22. The maximum absolute atomic E-state index is 6.01. The average molecular weight is 227 g/mol. The molecule has 1 aromatic rings. The minimum Gasteiger partial charge on any atom is -0.368 e. The fourth-order valence-corrected chi connectivity index (χ4v) is 1.97. The summed E-state index contributed by atoms with van der Waals surface area (Å²) in [6, 6.07) is 0. The minimum absolute atomic E-state index is 0.269. The van der Waals surface area contributed by atoms with Crippen LogP contribution in [0.25, 0.3) is 0 Å². The monoisotopic (exact) mass is 226 g/mol. The number of nitrogen functional groups attached to an aromatic ring is 1. The number of halogens is 1. The Balaban J connectivity index is 2.10. The summed E-state index contributed by atoms with van der Waals surface area (Å²) >= 11 is 6.01.